The van der Waals surface area contributed by atoms with E-state index in [0.717, 1.165) is 23.1 Å². The van der Waals surface area contributed by atoms with E-state index >= 15 is 0 Å². The molecule has 3 heterocycles. The molecule has 2 aliphatic heterocycles. The number of ether oxygens (including phenoxy) is 1. The molecule has 2 saturated heterocycles. The monoisotopic (exact) mass is 534 g/mol. The minimum absolute atomic E-state index is 0.0190. The normalized spacial score (nSPS) is 23.9. The Morgan fingerprint density at radius 1 is 1.44 bits per heavy atom. The molecule has 2 unspecified atom stereocenters. The lowest BCUT2D eigenvalue weighted by Gasteiger charge is -2.53. The first-order valence-corrected chi connectivity index (χ1v) is 11.9. The van der Waals surface area contributed by atoms with Crippen molar-refractivity contribution in [3.05, 3.63) is 11.1 Å². The number of carbonyl (C=O) groups excluding carboxylic acids is 4. The molecule has 2 aliphatic rings. The number of thioether (sulfide) groups is 1. The van der Waals surface area contributed by atoms with Crippen LogP contribution in [-0.4, -0.2) is 93.8 Å². The van der Waals surface area contributed by atoms with E-state index in [0.29, 0.717) is 0 Å². The number of aliphatic carboxylic acids is 1. The van der Waals surface area contributed by atoms with Crippen molar-refractivity contribution in [2.45, 2.75) is 11.4 Å². The summed E-state index contributed by atoms with van der Waals surface area (Å²) in [5.41, 5.74) is 3.29. The largest absolute Gasteiger partial charge is 0.481 e. The summed E-state index contributed by atoms with van der Waals surface area (Å²) in [7, 11) is 1.22. The molecule has 0 spiro atoms. The van der Waals surface area contributed by atoms with Crippen molar-refractivity contribution in [2.24, 2.45) is 16.3 Å². The quantitative estimate of drug-likeness (QED) is 0.135. The van der Waals surface area contributed by atoms with Gasteiger partial charge in [0, 0.05) is 17.7 Å². The highest BCUT2D eigenvalue weighted by Gasteiger charge is 2.58. The fraction of sp³-hybridized carbons (Fsp3) is 0.471. The maximum Gasteiger partial charge on any atom is 0.404 e. The van der Waals surface area contributed by atoms with Gasteiger partial charge < -0.3 is 35.9 Å². The Morgan fingerprint density at radius 3 is 2.79 bits per heavy atom. The molecule has 0 aliphatic carbocycles. The maximum absolute atomic E-state index is 12.8. The molecule has 1 aromatic heterocycles. The molecule has 3 rings (SSSR count). The summed E-state index contributed by atoms with van der Waals surface area (Å²) in [5, 5.41) is 19.4. The fourth-order valence-electron chi connectivity index (χ4n) is 3.21. The second kappa shape index (κ2) is 10.4. The van der Waals surface area contributed by atoms with Gasteiger partial charge in [0.1, 0.15) is 42.1 Å². The number of rotatable bonds is 9. The summed E-state index contributed by atoms with van der Waals surface area (Å²) in [6, 6.07) is -0.947. The number of nitrogens with one attached hydrogen (secondary N) is 2. The number of hydrogen-bond donors (Lipinski definition) is 4. The third-order valence-electron chi connectivity index (χ3n) is 4.89. The molecule has 0 bridgehead atoms. The topological polar surface area (TPSA) is 203 Å². The highest BCUT2D eigenvalue weighted by molar-refractivity contribution is 8.00. The lowest BCUT2D eigenvalue weighted by molar-refractivity contribution is -0.160. The molecule has 5 N–H and O–H groups in total. The number of nitrogens with zero attached hydrogens (tertiary/aromatic N) is 3. The van der Waals surface area contributed by atoms with Crippen molar-refractivity contribution in [2.75, 3.05) is 37.2 Å². The highest BCUT2D eigenvalue weighted by Crippen LogP contribution is 2.42. The summed E-state index contributed by atoms with van der Waals surface area (Å²) in [4.78, 5) is 69.8. The molecule has 0 aromatic carbocycles. The molecular formula is C17H19ClN6O8S2. The average Bonchev–Trinajstić information content (AvgIpc) is 3.26. The molecule has 4 amide bonds. The van der Waals surface area contributed by atoms with Crippen LogP contribution in [0.4, 0.5) is 9.93 Å². The average molecular weight is 535 g/mol. The van der Waals surface area contributed by atoms with Gasteiger partial charge in [-0.1, -0.05) is 5.16 Å². The van der Waals surface area contributed by atoms with Crippen molar-refractivity contribution < 1.29 is 38.7 Å². The maximum atomic E-state index is 12.8. The summed E-state index contributed by atoms with van der Waals surface area (Å²) in [6.45, 7) is -0.706. The van der Waals surface area contributed by atoms with Crippen LogP contribution in [-0.2, 0) is 28.8 Å². The van der Waals surface area contributed by atoms with Gasteiger partial charge in [-0.25, -0.2) is 9.78 Å². The number of carbonyl (C=O) groups is 5. The van der Waals surface area contributed by atoms with Crippen molar-refractivity contribution in [3.8, 4) is 0 Å². The lowest BCUT2D eigenvalue weighted by atomic mass is 9.88. The van der Waals surface area contributed by atoms with E-state index in [4.69, 9.17) is 22.2 Å². The van der Waals surface area contributed by atoms with Crippen LogP contribution in [0.3, 0.4) is 0 Å². The van der Waals surface area contributed by atoms with Crippen LogP contribution in [0.2, 0.25) is 0 Å². The van der Waals surface area contributed by atoms with E-state index in [1.165, 1.54) is 17.4 Å². The Morgan fingerprint density at radius 2 is 2.18 bits per heavy atom. The Balaban J connectivity index is 1.68. The van der Waals surface area contributed by atoms with E-state index in [9.17, 15) is 29.1 Å². The van der Waals surface area contributed by atoms with Crippen molar-refractivity contribution in [1.82, 2.24) is 15.2 Å². The van der Waals surface area contributed by atoms with Crippen molar-refractivity contribution in [1.29, 1.82) is 0 Å². The number of carboxylic acid groups (broad SMARTS) is 1. The highest BCUT2D eigenvalue weighted by atomic mass is 35.5. The van der Waals surface area contributed by atoms with Crippen LogP contribution in [0.15, 0.2) is 10.5 Å². The van der Waals surface area contributed by atoms with Gasteiger partial charge >= 0.3 is 12.1 Å². The van der Waals surface area contributed by atoms with Crippen LogP contribution in [0.1, 0.15) is 5.69 Å². The number of nitrogens with two attached hydrogens (primary N) is 1. The van der Waals surface area contributed by atoms with Gasteiger partial charge in [-0.05, 0) is 0 Å². The number of β-lactam (4-membered cyclic amide) rings is 1. The molecule has 184 valence electrons. The van der Waals surface area contributed by atoms with E-state index in [2.05, 4.69) is 25.5 Å². The molecule has 17 heteroatoms. The zero-order chi connectivity index (χ0) is 25.0. The van der Waals surface area contributed by atoms with Gasteiger partial charge in [-0.15, -0.1) is 34.7 Å². The molecule has 0 radical (unpaired) electrons. The minimum Gasteiger partial charge on any atom is -0.481 e. The number of fused-ring (bicyclic) bond motifs is 1. The summed E-state index contributed by atoms with van der Waals surface area (Å²) in [5.74, 6) is -3.24. The number of oxime groups is 1. The Hall–Kier alpha value is -3.11. The van der Waals surface area contributed by atoms with E-state index < -0.39 is 53.2 Å². The van der Waals surface area contributed by atoms with Crippen molar-refractivity contribution in [3.63, 3.8) is 0 Å². The van der Waals surface area contributed by atoms with Gasteiger partial charge in [0.2, 0.25) is 11.8 Å². The number of anilines is 1. The first-order valence-electron chi connectivity index (χ1n) is 9.43. The van der Waals surface area contributed by atoms with Crippen LogP contribution in [0, 0.1) is 5.41 Å². The van der Waals surface area contributed by atoms with Gasteiger partial charge in [0.15, 0.2) is 10.8 Å². The summed E-state index contributed by atoms with van der Waals surface area (Å²) in [6.07, 6.45) is -1.12. The number of amides is 4. The Labute approximate surface area is 205 Å². The SMILES string of the molecule is CON=C(C(=O)NC1C(=O)N2CC(COC(N)=O)(C(=O)O)CS[C@H]12)c1csc(NC(=O)CCl)n1. The Bertz CT molecular complexity index is 1050. The zero-order valence-corrected chi connectivity index (χ0v) is 19.9. The molecule has 0 saturated carbocycles. The third-order valence-corrected chi connectivity index (χ3v) is 7.48. The number of thiazole rings is 1. The number of carboxylic acids is 1. The molecular weight excluding hydrogens is 516 g/mol. The van der Waals surface area contributed by atoms with Gasteiger partial charge in [-0.3, -0.25) is 19.2 Å². The summed E-state index contributed by atoms with van der Waals surface area (Å²) >= 11 is 7.60. The number of hydrogen-bond acceptors (Lipinski definition) is 11. The molecule has 34 heavy (non-hydrogen) atoms. The van der Waals surface area contributed by atoms with Crippen LogP contribution < -0.4 is 16.4 Å². The second-order valence-corrected chi connectivity index (χ2v) is 9.38. The van der Waals surface area contributed by atoms with Crippen LogP contribution in [0.25, 0.3) is 0 Å². The van der Waals surface area contributed by atoms with E-state index in [1.807, 2.05) is 0 Å². The van der Waals surface area contributed by atoms with Gasteiger partial charge in [-0.2, -0.15) is 0 Å². The van der Waals surface area contributed by atoms with Gasteiger partial charge in [0.05, 0.1) is 0 Å². The molecule has 14 nitrogen and oxygen atoms in total. The lowest BCUT2D eigenvalue weighted by Crippen LogP contribution is -2.74. The predicted molar refractivity (Wildman–Crippen MR) is 121 cm³/mol. The predicted octanol–water partition coefficient (Wildman–Crippen LogP) is -0.763. The first kappa shape index (κ1) is 25.5. The second-order valence-electron chi connectivity index (χ2n) is 7.15. The first-order chi connectivity index (χ1) is 16.1. The molecule has 1 aromatic rings. The smallest absolute Gasteiger partial charge is 0.404 e. The fourth-order valence-corrected chi connectivity index (χ4v) is 5.51. The van der Waals surface area contributed by atoms with Crippen LogP contribution in [0.5, 0.6) is 0 Å². The third kappa shape index (κ3) is 5.18. The minimum atomic E-state index is -1.52. The zero-order valence-electron chi connectivity index (χ0n) is 17.5. The molecule has 2 fully saturated rings. The van der Waals surface area contributed by atoms with E-state index in [1.54, 1.807) is 0 Å². The number of aromatic nitrogens is 1. The van der Waals surface area contributed by atoms with Crippen molar-refractivity contribution >= 4 is 75.3 Å². The number of primary amides is 1. The Kier molecular flexibility index (Phi) is 7.83. The van der Waals surface area contributed by atoms with Crippen LogP contribution >= 0.6 is 34.7 Å². The number of halogens is 1. The van der Waals surface area contributed by atoms with E-state index in [-0.39, 0.29) is 34.7 Å². The summed E-state index contributed by atoms with van der Waals surface area (Å²) < 4.78 is 4.69. The van der Waals surface area contributed by atoms with Gasteiger partial charge in [0.25, 0.3) is 5.91 Å². The standard InChI is InChI=1S/C17H19ClN6O8S2/c1-31-23-9(7-3-33-16(20-7)21-8(25)2-18)11(26)22-10-12(27)24-4-17(14(28)29,5-32-15(19)30)6-34-13(10)24/h3,10,13H,2,4-6H2,1H3,(H2,19,30)(H,22,26)(H,28,29)(H,20,21,25)/t10?,13-,17?/m1/s1. The number of alkyl halides is 1. The molecule has 3 atom stereocenters.